The topological polar surface area (TPSA) is 33.2 Å². The number of carbonyl (C=O) groups is 1. The van der Waals surface area contributed by atoms with Gasteiger partial charge in [-0.3, -0.25) is 14.7 Å². The Labute approximate surface area is 130 Å². The summed E-state index contributed by atoms with van der Waals surface area (Å²) in [6, 6.07) is 7.35. The summed E-state index contributed by atoms with van der Waals surface area (Å²) in [5.41, 5.74) is 2.51. The lowest BCUT2D eigenvalue weighted by atomic mass is 10.0. The van der Waals surface area contributed by atoms with Gasteiger partial charge in [-0.1, -0.05) is 18.5 Å². The van der Waals surface area contributed by atoms with Crippen molar-refractivity contribution < 1.29 is 4.79 Å². The highest BCUT2D eigenvalue weighted by Gasteiger charge is 2.36. The van der Waals surface area contributed by atoms with E-state index in [9.17, 15) is 4.79 Å². The van der Waals surface area contributed by atoms with Crippen LogP contribution in [-0.2, 0) is 0 Å². The minimum absolute atomic E-state index is 0.00316. The van der Waals surface area contributed by atoms with Crippen LogP contribution in [0.4, 0.5) is 5.69 Å². The van der Waals surface area contributed by atoms with E-state index < -0.39 is 0 Å². The number of rotatable bonds is 2. The molecular weight excluding hydrogens is 340 g/mol. The molecule has 0 radical (unpaired) electrons. The molecule has 1 aromatic heterocycles. The number of halogens is 2. The molecule has 1 aromatic carbocycles. The van der Waals surface area contributed by atoms with Crippen molar-refractivity contribution in [3.8, 4) is 0 Å². The minimum Gasteiger partial charge on any atom is -0.299 e. The van der Waals surface area contributed by atoms with Crippen LogP contribution >= 0.6 is 27.5 Å². The number of carbonyl (C=O) groups excluding carboxylic acids is 1. The molecule has 0 aliphatic carbocycles. The molecule has 0 spiro atoms. The minimum atomic E-state index is 0.00316. The van der Waals surface area contributed by atoms with Crippen LogP contribution in [0.1, 0.15) is 35.3 Å². The first-order chi connectivity index (χ1) is 9.61. The van der Waals surface area contributed by atoms with Crippen molar-refractivity contribution in [3.05, 3.63) is 57.3 Å². The van der Waals surface area contributed by atoms with Crippen LogP contribution in [0.5, 0.6) is 0 Å². The summed E-state index contributed by atoms with van der Waals surface area (Å²) in [7, 11) is 0. The third-order valence-corrected chi connectivity index (χ3v) is 4.16. The Morgan fingerprint density at radius 2 is 2.15 bits per heavy atom. The second kappa shape index (κ2) is 5.19. The van der Waals surface area contributed by atoms with E-state index in [2.05, 4.69) is 27.8 Å². The zero-order chi connectivity index (χ0) is 14.3. The maximum Gasteiger partial charge on any atom is 0.259 e. The van der Waals surface area contributed by atoms with Gasteiger partial charge in [-0.2, -0.15) is 0 Å². The van der Waals surface area contributed by atoms with Gasteiger partial charge in [0.15, 0.2) is 0 Å². The molecule has 0 saturated carbocycles. The Bertz CT molecular complexity index is 689. The highest BCUT2D eigenvalue weighted by Crippen LogP contribution is 2.40. The molecular formula is C15H12BrClN2O. The summed E-state index contributed by atoms with van der Waals surface area (Å²) >= 11 is 9.46. The van der Waals surface area contributed by atoms with Gasteiger partial charge in [0.25, 0.3) is 5.91 Å². The van der Waals surface area contributed by atoms with Crippen LogP contribution in [0.25, 0.3) is 0 Å². The third kappa shape index (κ3) is 2.13. The van der Waals surface area contributed by atoms with Crippen molar-refractivity contribution >= 4 is 39.1 Å². The van der Waals surface area contributed by atoms with E-state index in [4.69, 9.17) is 11.6 Å². The van der Waals surface area contributed by atoms with Crippen molar-refractivity contribution in [2.45, 2.75) is 19.4 Å². The van der Waals surface area contributed by atoms with Crippen LogP contribution in [0, 0.1) is 0 Å². The number of aromatic nitrogens is 1. The lowest BCUT2D eigenvalue weighted by Crippen LogP contribution is -2.27. The Hall–Kier alpha value is -1.39. The first kappa shape index (κ1) is 13.6. The van der Waals surface area contributed by atoms with Crippen molar-refractivity contribution in [1.82, 2.24) is 4.98 Å². The largest absolute Gasteiger partial charge is 0.299 e. The molecule has 20 heavy (non-hydrogen) atoms. The van der Waals surface area contributed by atoms with Crippen LogP contribution < -0.4 is 4.90 Å². The maximum absolute atomic E-state index is 12.6. The summed E-state index contributed by atoms with van der Waals surface area (Å²) in [4.78, 5) is 18.6. The maximum atomic E-state index is 12.6. The lowest BCUT2D eigenvalue weighted by molar-refractivity contribution is 0.0990. The molecule has 0 bridgehead atoms. The molecule has 0 unspecified atom stereocenters. The summed E-state index contributed by atoms with van der Waals surface area (Å²) in [5.74, 6) is 0.00316. The number of amides is 1. The summed E-state index contributed by atoms with van der Waals surface area (Å²) in [6.45, 7) is 2.06. The first-order valence-corrected chi connectivity index (χ1v) is 7.52. The Morgan fingerprint density at radius 1 is 1.35 bits per heavy atom. The monoisotopic (exact) mass is 350 g/mol. The average molecular weight is 352 g/mol. The van der Waals surface area contributed by atoms with E-state index in [0.29, 0.717) is 5.02 Å². The number of hydrogen-bond acceptors (Lipinski definition) is 2. The molecule has 3 nitrogen and oxygen atoms in total. The van der Waals surface area contributed by atoms with Gasteiger partial charge in [0.1, 0.15) is 0 Å². The fraction of sp³-hybridized carbons (Fsp3) is 0.200. The van der Waals surface area contributed by atoms with Crippen LogP contribution in [0.15, 0.2) is 41.1 Å². The number of hydrogen-bond donors (Lipinski definition) is 0. The van der Waals surface area contributed by atoms with E-state index in [1.807, 2.05) is 12.1 Å². The number of benzene rings is 1. The van der Waals surface area contributed by atoms with E-state index in [0.717, 1.165) is 27.7 Å². The highest BCUT2D eigenvalue weighted by atomic mass is 79.9. The van der Waals surface area contributed by atoms with Crippen molar-refractivity contribution in [3.63, 3.8) is 0 Å². The second-order valence-electron chi connectivity index (χ2n) is 4.69. The van der Waals surface area contributed by atoms with Gasteiger partial charge in [0.2, 0.25) is 0 Å². The molecule has 1 aliphatic heterocycles. The smallest absolute Gasteiger partial charge is 0.259 e. The average Bonchev–Trinajstić information content (AvgIpc) is 2.70. The molecule has 0 saturated heterocycles. The predicted octanol–water partition coefficient (Wildman–Crippen LogP) is 4.61. The van der Waals surface area contributed by atoms with E-state index in [1.54, 1.807) is 29.4 Å². The van der Waals surface area contributed by atoms with E-state index >= 15 is 0 Å². The van der Waals surface area contributed by atoms with Crippen molar-refractivity contribution in [2.24, 2.45) is 0 Å². The van der Waals surface area contributed by atoms with Gasteiger partial charge in [0.05, 0.1) is 17.9 Å². The fourth-order valence-electron chi connectivity index (χ4n) is 2.65. The molecule has 5 heteroatoms. The predicted molar refractivity (Wildman–Crippen MR) is 83.2 cm³/mol. The number of anilines is 1. The van der Waals surface area contributed by atoms with Crippen LogP contribution in [-0.4, -0.2) is 10.9 Å². The molecule has 0 fully saturated rings. The normalized spacial score (nSPS) is 17.4. The zero-order valence-corrected chi connectivity index (χ0v) is 13.1. The molecule has 1 amide bonds. The van der Waals surface area contributed by atoms with Crippen LogP contribution in [0.2, 0.25) is 5.02 Å². The van der Waals surface area contributed by atoms with Crippen molar-refractivity contribution in [1.29, 1.82) is 0 Å². The quantitative estimate of drug-likeness (QED) is 0.791. The SMILES string of the molecule is CC[C@H]1c2cc(Cl)ccc2C(=O)N1c1cncc(Br)c1. The van der Waals surface area contributed by atoms with Gasteiger partial charge in [-0.05, 0) is 52.2 Å². The number of pyridine rings is 1. The van der Waals surface area contributed by atoms with Gasteiger partial charge >= 0.3 is 0 Å². The standard InChI is InChI=1S/C15H12BrClN2O/c1-2-14-13-6-10(17)3-4-12(13)15(20)19(14)11-5-9(16)7-18-8-11/h3-8,14H,2H2,1H3/t14-/m0/s1. The lowest BCUT2D eigenvalue weighted by Gasteiger charge is -2.24. The summed E-state index contributed by atoms with van der Waals surface area (Å²) < 4.78 is 0.853. The third-order valence-electron chi connectivity index (χ3n) is 3.49. The Kier molecular flexibility index (Phi) is 3.52. The summed E-state index contributed by atoms with van der Waals surface area (Å²) in [6.07, 6.45) is 4.24. The first-order valence-electron chi connectivity index (χ1n) is 6.35. The molecule has 2 heterocycles. The molecule has 2 aromatic rings. The van der Waals surface area contributed by atoms with E-state index in [1.165, 1.54) is 0 Å². The molecule has 1 atom stereocenters. The molecule has 102 valence electrons. The number of fused-ring (bicyclic) bond motifs is 1. The van der Waals surface area contributed by atoms with Gasteiger partial charge in [-0.15, -0.1) is 0 Å². The number of nitrogens with zero attached hydrogens (tertiary/aromatic N) is 2. The fourth-order valence-corrected chi connectivity index (χ4v) is 3.18. The van der Waals surface area contributed by atoms with E-state index in [-0.39, 0.29) is 11.9 Å². The zero-order valence-electron chi connectivity index (χ0n) is 10.8. The highest BCUT2D eigenvalue weighted by molar-refractivity contribution is 9.10. The molecule has 1 aliphatic rings. The van der Waals surface area contributed by atoms with Gasteiger partial charge in [0, 0.05) is 21.3 Å². The van der Waals surface area contributed by atoms with Crippen LogP contribution in [0.3, 0.4) is 0 Å². The second-order valence-corrected chi connectivity index (χ2v) is 6.04. The van der Waals surface area contributed by atoms with Gasteiger partial charge < -0.3 is 0 Å². The van der Waals surface area contributed by atoms with Crippen molar-refractivity contribution in [2.75, 3.05) is 4.90 Å². The summed E-state index contributed by atoms with van der Waals surface area (Å²) in [5, 5.41) is 0.657. The Balaban J connectivity index is 2.12. The van der Waals surface area contributed by atoms with Gasteiger partial charge in [-0.25, -0.2) is 0 Å². The molecule has 3 rings (SSSR count). The molecule has 0 N–H and O–H groups in total. The Morgan fingerprint density at radius 3 is 2.85 bits per heavy atom.